The largest absolute Gasteiger partial charge is 0.493 e. The van der Waals surface area contributed by atoms with Crippen molar-refractivity contribution in [3.8, 4) is 11.5 Å². The molecule has 4 rings (SSSR count). The van der Waals surface area contributed by atoms with Gasteiger partial charge in [-0.3, -0.25) is 9.59 Å². The molecule has 1 spiro atoms. The first-order valence-corrected chi connectivity index (χ1v) is 10.1. The molecule has 0 saturated carbocycles. The second-order valence-electron chi connectivity index (χ2n) is 7.90. The smallest absolute Gasteiger partial charge is 0.260 e. The number of nitrogens with zero attached hydrogens (tertiary/aromatic N) is 1. The van der Waals surface area contributed by atoms with Crippen LogP contribution in [0.4, 0.5) is 22.0 Å². The lowest BCUT2D eigenvalue weighted by atomic mass is 9.73. The standard InChI is InChI=1S/C24H18F5NO4/c1-33-15-9-12-11-30(23(32)17-18(25)20(27)22(29)21(28)19(17)26)8-7-24(5-3-13(31)4-6-24)14(12)10-16(15)34-2/h3-6,9-10H,7-8,11H2,1-2H3. The molecule has 0 saturated heterocycles. The van der Waals surface area contributed by atoms with Crippen molar-refractivity contribution >= 4 is 11.7 Å². The van der Waals surface area contributed by atoms with Crippen LogP contribution in [0, 0.1) is 29.1 Å². The third kappa shape index (κ3) is 3.63. The number of fused-ring (bicyclic) bond motifs is 2. The molecule has 0 aromatic heterocycles. The fourth-order valence-corrected chi connectivity index (χ4v) is 4.27. The van der Waals surface area contributed by atoms with Crippen molar-refractivity contribution in [3.63, 3.8) is 0 Å². The molecule has 2 aromatic rings. The normalized spacial score (nSPS) is 16.4. The molecule has 34 heavy (non-hydrogen) atoms. The van der Waals surface area contributed by atoms with E-state index in [1.54, 1.807) is 24.3 Å². The van der Waals surface area contributed by atoms with Gasteiger partial charge in [0.05, 0.1) is 14.2 Å². The fraction of sp³-hybridized carbons (Fsp3) is 0.250. The molecule has 0 N–H and O–H groups in total. The average molecular weight is 479 g/mol. The minimum Gasteiger partial charge on any atom is -0.493 e. The van der Waals surface area contributed by atoms with Gasteiger partial charge in [-0.2, -0.15) is 0 Å². The Labute approximate surface area is 191 Å². The maximum atomic E-state index is 14.3. The predicted octanol–water partition coefficient (Wildman–Crippen LogP) is 4.38. The fourth-order valence-electron chi connectivity index (χ4n) is 4.27. The zero-order chi connectivity index (χ0) is 24.8. The van der Waals surface area contributed by atoms with Gasteiger partial charge >= 0.3 is 0 Å². The second kappa shape index (κ2) is 8.58. The van der Waals surface area contributed by atoms with E-state index in [0.29, 0.717) is 22.6 Å². The molecular formula is C24H18F5NO4. The SMILES string of the molecule is COc1cc2c(cc1OC)C1(C=CC(=O)C=C1)CCN(C(=O)c1c(F)c(F)c(F)c(F)c1F)C2. The summed E-state index contributed by atoms with van der Waals surface area (Å²) in [7, 11) is 2.83. The van der Waals surface area contributed by atoms with Crippen molar-refractivity contribution in [3.05, 3.63) is 82.2 Å². The van der Waals surface area contributed by atoms with E-state index >= 15 is 0 Å². The van der Waals surface area contributed by atoms with Gasteiger partial charge in [0.2, 0.25) is 5.82 Å². The van der Waals surface area contributed by atoms with Crippen LogP contribution in [0.1, 0.15) is 27.9 Å². The average Bonchev–Trinajstić information content (AvgIpc) is 2.99. The number of rotatable bonds is 3. The van der Waals surface area contributed by atoms with Crippen LogP contribution in [-0.2, 0) is 16.8 Å². The van der Waals surface area contributed by atoms with Crippen molar-refractivity contribution in [1.29, 1.82) is 0 Å². The lowest BCUT2D eigenvalue weighted by Crippen LogP contribution is -2.34. The molecular weight excluding hydrogens is 461 g/mol. The number of hydrogen-bond acceptors (Lipinski definition) is 4. The monoisotopic (exact) mass is 479 g/mol. The molecule has 1 aliphatic carbocycles. The van der Waals surface area contributed by atoms with Crippen LogP contribution in [0.3, 0.4) is 0 Å². The topological polar surface area (TPSA) is 55.8 Å². The molecule has 1 heterocycles. The number of benzene rings is 2. The van der Waals surface area contributed by atoms with Crippen LogP contribution in [0.25, 0.3) is 0 Å². The summed E-state index contributed by atoms with van der Waals surface area (Å²) in [5, 5.41) is 0. The first-order valence-electron chi connectivity index (χ1n) is 10.1. The molecule has 10 heteroatoms. The van der Waals surface area contributed by atoms with Gasteiger partial charge in [0.15, 0.2) is 40.6 Å². The molecule has 0 unspecified atom stereocenters. The van der Waals surface area contributed by atoms with Gasteiger partial charge in [-0.1, -0.05) is 12.2 Å². The van der Waals surface area contributed by atoms with Crippen molar-refractivity contribution in [2.75, 3.05) is 20.8 Å². The molecule has 5 nitrogen and oxygen atoms in total. The van der Waals surface area contributed by atoms with Gasteiger partial charge in [0.1, 0.15) is 5.56 Å². The third-order valence-corrected chi connectivity index (χ3v) is 6.07. The van der Waals surface area contributed by atoms with Gasteiger partial charge in [-0.25, -0.2) is 22.0 Å². The number of methoxy groups -OCH3 is 2. The summed E-state index contributed by atoms with van der Waals surface area (Å²) in [4.78, 5) is 25.8. The van der Waals surface area contributed by atoms with Crippen LogP contribution >= 0.6 is 0 Å². The molecule has 2 aromatic carbocycles. The highest BCUT2D eigenvalue weighted by Gasteiger charge is 2.39. The number of carbonyl (C=O) groups excluding carboxylic acids is 2. The Kier molecular flexibility index (Phi) is 5.93. The van der Waals surface area contributed by atoms with Crippen molar-refractivity contribution in [2.45, 2.75) is 18.4 Å². The summed E-state index contributed by atoms with van der Waals surface area (Å²) in [5.74, 6) is -12.1. The first kappa shape index (κ1) is 23.5. The zero-order valence-corrected chi connectivity index (χ0v) is 18.1. The van der Waals surface area contributed by atoms with Gasteiger partial charge in [0, 0.05) is 18.5 Å². The summed E-state index contributed by atoms with van der Waals surface area (Å²) in [5.41, 5.74) is -1.29. The molecule has 0 bridgehead atoms. The maximum absolute atomic E-state index is 14.3. The summed E-state index contributed by atoms with van der Waals surface area (Å²) < 4.78 is 80.3. The van der Waals surface area contributed by atoms with Crippen molar-refractivity contribution in [1.82, 2.24) is 4.90 Å². The lowest BCUT2D eigenvalue weighted by Gasteiger charge is -2.30. The zero-order valence-electron chi connectivity index (χ0n) is 18.1. The van der Waals surface area contributed by atoms with E-state index in [1.807, 2.05) is 0 Å². The number of ketones is 1. The maximum Gasteiger partial charge on any atom is 0.260 e. The summed E-state index contributed by atoms with van der Waals surface area (Å²) in [6.07, 6.45) is 6.18. The lowest BCUT2D eigenvalue weighted by molar-refractivity contribution is -0.110. The Bertz CT molecular complexity index is 1230. The van der Waals surface area contributed by atoms with E-state index < -0.39 is 46.0 Å². The highest BCUT2D eigenvalue weighted by Crippen LogP contribution is 2.43. The minimum atomic E-state index is -2.34. The van der Waals surface area contributed by atoms with E-state index in [1.165, 1.54) is 26.4 Å². The first-order chi connectivity index (χ1) is 16.1. The third-order valence-electron chi connectivity index (χ3n) is 6.07. The highest BCUT2D eigenvalue weighted by atomic mass is 19.2. The number of allylic oxidation sites excluding steroid dienone is 4. The molecule has 1 amide bonds. The van der Waals surface area contributed by atoms with Gasteiger partial charge < -0.3 is 14.4 Å². The highest BCUT2D eigenvalue weighted by molar-refractivity contribution is 6.01. The van der Waals surface area contributed by atoms with Crippen LogP contribution < -0.4 is 9.47 Å². The Morgan fingerprint density at radius 2 is 1.41 bits per heavy atom. The van der Waals surface area contributed by atoms with Crippen molar-refractivity contribution < 1.29 is 41.0 Å². The number of ether oxygens (including phenoxy) is 2. The van der Waals surface area contributed by atoms with Gasteiger partial charge in [-0.15, -0.1) is 0 Å². The summed E-state index contributed by atoms with van der Waals surface area (Å²) in [6, 6.07) is 3.24. The van der Waals surface area contributed by atoms with E-state index in [-0.39, 0.29) is 25.3 Å². The van der Waals surface area contributed by atoms with Crippen LogP contribution in [0.5, 0.6) is 11.5 Å². The molecule has 178 valence electrons. The Balaban J connectivity index is 1.85. The predicted molar refractivity (Wildman–Crippen MR) is 110 cm³/mol. The summed E-state index contributed by atoms with van der Waals surface area (Å²) in [6.45, 7) is -0.327. The molecule has 2 aliphatic rings. The number of carbonyl (C=O) groups is 2. The van der Waals surface area contributed by atoms with Crippen LogP contribution in [-0.4, -0.2) is 37.4 Å². The van der Waals surface area contributed by atoms with E-state index in [2.05, 4.69) is 0 Å². The van der Waals surface area contributed by atoms with Gasteiger partial charge in [0.25, 0.3) is 5.91 Å². The Hall–Kier alpha value is -3.69. The Morgan fingerprint density at radius 1 is 0.882 bits per heavy atom. The van der Waals surface area contributed by atoms with E-state index in [4.69, 9.17) is 9.47 Å². The van der Waals surface area contributed by atoms with Crippen LogP contribution in [0.15, 0.2) is 36.4 Å². The number of amides is 1. The quantitative estimate of drug-likeness (QED) is 0.373. The number of hydrogen-bond donors (Lipinski definition) is 0. The molecule has 0 fully saturated rings. The Morgan fingerprint density at radius 3 is 1.97 bits per heavy atom. The van der Waals surface area contributed by atoms with E-state index in [9.17, 15) is 31.5 Å². The van der Waals surface area contributed by atoms with Crippen molar-refractivity contribution in [2.24, 2.45) is 0 Å². The summed E-state index contributed by atoms with van der Waals surface area (Å²) >= 11 is 0. The molecule has 0 radical (unpaired) electrons. The molecule has 1 aliphatic heterocycles. The minimum absolute atomic E-state index is 0.111. The second-order valence-corrected chi connectivity index (χ2v) is 7.90. The number of halogens is 5. The van der Waals surface area contributed by atoms with Crippen LogP contribution in [0.2, 0.25) is 0 Å². The molecule has 0 atom stereocenters. The van der Waals surface area contributed by atoms with Gasteiger partial charge in [-0.05, 0) is 41.8 Å². The van der Waals surface area contributed by atoms with E-state index in [0.717, 1.165) is 4.90 Å².